The number of fused-ring (bicyclic) bond motifs is 1. The van der Waals surface area contributed by atoms with Crippen LogP contribution in [0, 0.1) is 0 Å². The second-order valence-electron chi connectivity index (χ2n) is 4.17. The van der Waals surface area contributed by atoms with Gasteiger partial charge in [-0.05, 0) is 46.3 Å². The number of benzene rings is 1. The summed E-state index contributed by atoms with van der Waals surface area (Å²) < 4.78 is 0.782. The quantitative estimate of drug-likeness (QED) is 0.563. The number of ketones is 1. The van der Waals surface area contributed by atoms with E-state index in [1.807, 2.05) is 12.1 Å². The topological polar surface area (TPSA) is 71.8 Å². The molecule has 0 atom stereocenters. The standard InChI is InChI=1S/C14H10BrN3O/c15-11-4-3-8(6-12(11)16)13(19)10-7-18-14-9(10)2-1-5-17-14/h1-7H,16H2,(H,17,18). The fourth-order valence-electron chi connectivity index (χ4n) is 1.98. The predicted molar refractivity (Wildman–Crippen MR) is 78.1 cm³/mol. The molecule has 2 aromatic heterocycles. The molecule has 3 N–H and O–H groups in total. The van der Waals surface area contributed by atoms with Gasteiger partial charge < -0.3 is 10.7 Å². The number of nitrogens with one attached hydrogen (secondary N) is 1. The summed E-state index contributed by atoms with van der Waals surface area (Å²) in [6.45, 7) is 0. The molecule has 5 heteroatoms. The Morgan fingerprint density at radius 3 is 2.95 bits per heavy atom. The average molecular weight is 316 g/mol. The van der Waals surface area contributed by atoms with E-state index < -0.39 is 0 Å². The fourth-order valence-corrected chi connectivity index (χ4v) is 2.23. The van der Waals surface area contributed by atoms with Crippen molar-refractivity contribution in [3.05, 3.63) is 58.3 Å². The summed E-state index contributed by atoms with van der Waals surface area (Å²) in [5.41, 5.74) is 8.22. The van der Waals surface area contributed by atoms with E-state index in [0.717, 1.165) is 9.86 Å². The Balaban J connectivity index is 2.11. The lowest BCUT2D eigenvalue weighted by Crippen LogP contribution is -2.01. The molecule has 3 aromatic rings. The summed E-state index contributed by atoms with van der Waals surface area (Å²) in [4.78, 5) is 19.6. The molecule has 0 aliphatic rings. The summed E-state index contributed by atoms with van der Waals surface area (Å²) in [6, 6.07) is 8.87. The number of aromatic nitrogens is 2. The van der Waals surface area contributed by atoms with Crippen LogP contribution < -0.4 is 5.73 Å². The molecule has 0 saturated heterocycles. The van der Waals surface area contributed by atoms with E-state index in [1.54, 1.807) is 30.6 Å². The Hall–Kier alpha value is -2.14. The van der Waals surface area contributed by atoms with Gasteiger partial charge in [-0.15, -0.1) is 0 Å². The first-order valence-corrected chi connectivity index (χ1v) is 6.48. The van der Waals surface area contributed by atoms with Gasteiger partial charge in [0.2, 0.25) is 0 Å². The number of nitrogen functional groups attached to an aromatic ring is 1. The van der Waals surface area contributed by atoms with Crippen LogP contribution in [0.2, 0.25) is 0 Å². The van der Waals surface area contributed by atoms with Crippen molar-refractivity contribution < 1.29 is 4.79 Å². The van der Waals surface area contributed by atoms with Gasteiger partial charge in [-0.2, -0.15) is 0 Å². The second-order valence-corrected chi connectivity index (χ2v) is 5.02. The van der Waals surface area contributed by atoms with E-state index in [9.17, 15) is 4.79 Å². The number of hydrogen-bond donors (Lipinski definition) is 2. The molecule has 0 bridgehead atoms. The van der Waals surface area contributed by atoms with E-state index in [2.05, 4.69) is 25.9 Å². The van der Waals surface area contributed by atoms with Crippen molar-refractivity contribution in [1.82, 2.24) is 9.97 Å². The Morgan fingerprint density at radius 1 is 1.32 bits per heavy atom. The Bertz CT molecular complexity index is 779. The maximum Gasteiger partial charge on any atom is 0.195 e. The third-order valence-electron chi connectivity index (χ3n) is 2.95. The van der Waals surface area contributed by atoms with Crippen LogP contribution in [0.5, 0.6) is 0 Å². The number of nitrogens with two attached hydrogens (primary N) is 1. The minimum absolute atomic E-state index is 0.0709. The van der Waals surface area contributed by atoms with Crippen LogP contribution in [0.1, 0.15) is 15.9 Å². The van der Waals surface area contributed by atoms with Gasteiger partial charge >= 0.3 is 0 Å². The molecule has 0 unspecified atom stereocenters. The SMILES string of the molecule is Nc1cc(C(=O)c2c[nH]c3ncccc23)ccc1Br. The van der Waals surface area contributed by atoms with E-state index in [4.69, 9.17) is 5.73 Å². The number of anilines is 1. The monoisotopic (exact) mass is 315 g/mol. The van der Waals surface area contributed by atoms with Gasteiger partial charge in [-0.1, -0.05) is 0 Å². The Labute approximate surface area is 117 Å². The first-order valence-electron chi connectivity index (χ1n) is 5.68. The maximum absolute atomic E-state index is 12.5. The number of aromatic amines is 1. The minimum Gasteiger partial charge on any atom is -0.398 e. The van der Waals surface area contributed by atoms with Crippen molar-refractivity contribution in [1.29, 1.82) is 0 Å². The molecule has 2 heterocycles. The number of H-pyrrole nitrogens is 1. The van der Waals surface area contributed by atoms with Crippen LogP contribution in [0.25, 0.3) is 11.0 Å². The zero-order chi connectivity index (χ0) is 13.4. The van der Waals surface area contributed by atoms with E-state index in [0.29, 0.717) is 22.5 Å². The highest BCUT2D eigenvalue weighted by Gasteiger charge is 2.15. The van der Waals surface area contributed by atoms with Crippen molar-refractivity contribution >= 4 is 38.4 Å². The van der Waals surface area contributed by atoms with Crippen molar-refractivity contribution in [3.8, 4) is 0 Å². The van der Waals surface area contributed by atoms with Gasteiger partial charge in [0.15, 0.2) is 5.78 Å². The van der Waals surface area contributed by atoms with Gasteiger partial charge in [0, 0.05) is 39.1 Å². The zero-order valence-electron chi connectivity index (χ0n) is 9.85. The van der Waals surface area contributed by atoms with Crippen LogP contribution in [0.4, 0.5) is 5.69 Å². The molecule has 1 aromatic carbocycles. The number of hydrogen-bond acceptors (Lipinski definition) is 3. The Kier molecular flexibility index (Phi) is 2.83. The predicted octanol–water partition coefficient (Wildman–Crippen LogP) is 3.14. The number of carbonyl (C=O) groups is 1. The summed E-state index contributed by atoms with van der Waals surface area (Å²) in [7, 11) is 0. The summed E-state index contributed by atoms with van der Waals surface area (Å²) in [5.74, 6) is -0.0709. The molecule has 0 aliphatic carbocycles. The maximum atomic E-state index is 12.5. The highest BCUT2D eigenvalue weighted by atomic mass is 79.9. The number of rotatable bonds is 2. The number of carbonyl (C=O) groups excluding carboxylic acids is 1. The number of nitrogens with zero attached hydrogens (tertiary/aromatic N) is 1. The van der Waals surface area contributed by atoms with Gasteiger partial charge in [-0.25, -0.2) is 4.98 Å². The molecule has 0 amide bonds. The van der Waals surface area contributed by atoms with E-state index >= 15 is 0 Å². The lowest BCUT2D eigenvalue weighted by Gasteiger charge is -2.03. The van der Waals surface area contributed by atoms with Crippen LogP contribution in [-0.2, 0) is 0 Å². The molecular formula is C14H10BrN3O. The largest absolute Gasteiger partial charge is 0.398 e. The molecule has 0 radical (unpaired) electrons. The molecule has 0 aliphatic heterocycles. The molecule has 94 valence electrons. The summed E-state index contributed by atoms with van der Waals surface area (Å²) in [5, 5.41) is 0.814. The van der Waals surface area contributed by atoms with Crippen molar-refractivity contribution in [3.63, 3.8) is 0 Å². The highest BCUT2D eigenvalue weighted by molar-refractivity contribution is 9.10. The highest BCUT2D eigenvalue weighted by Crippen LogP contribution is 2.24. The fraction of sp³-hybridized carbons (Fsp3) is 0. The van der Waals surface area contributed by atoms with Crippen molar-refractivity contribution in [2.75, 3.05) is 5.73 Å². The van der Waals surface area contributed by atoms with E-state index in [-0.39, 0.29) is 5.78 Å². The Morgan fingerprint density at radius 2 is 2.16 bits per heavy atom. The summed E-state index contributed by atoms with van der Waals surface area (Å²) in [6.07, 6.45) is 3.36. The molecule has 19 heavy (non-hydrogen) atoms. The number of pyridine rings is 1. The first-order chi connectivity index (χ1) is 9.16. The molecular weight excluding hydrogens is 306 g/mol. The first kappa shape index (κ1) is 11.9. The van der Waals surface area contributed by atoms with Gasteiger partial charge in [-0.3, -0.25) is 4.79 Å². The van der Waals surface area contributed by atoms with Gasteiger partial charge in [0.25, 0.3) is 0 Å². The van der Waals surface area contributed by atoms with Gasteiger partial charge in [0.1, 0.15) is 5.65 Å². The lowest BCUT2D eigenvalue weighted by molar-refractivity contribution is 0.104. The smallest absolute Gasteiger partial charge is 0.195 e. The van der Waals surface area contributed by atoms with Crippen molar-refractivity contribution in [2.45, 2.75) is 0 Å². The zero-order valence-corrected chi connectivity index (χ0v) is 11.4. The minimum atomic E-state index is -0.0709. The lowest BCUT2D eigenvalue weighted by atomic mass is 10.0. The van der Waals surface area contributed by atoms with Crippen LogP contribution in [0.15, 0.2) is 47.2 Å². The molecule has 3 rings (SSSR count). The van der Waals surface area contributed by atoms with Crippen LogP contribution in [-0.4, -0.2) is 15.8 Å². The number of halogens is 1. The van der Waals surface area contributed by atoms with Crippen molar-refractivity contribution in [2.24, 2.45) is 0 Å². The molecule has 0 saturated carbocycles. The third kappa shape index (κ3) is 2.02. The summed E-state index contributed by atoms with van der Waals surface area (Å²) >= 11 is 3.31. The van der Waals surface area contributed by atoms with Gasteiger partial charge in [0.05, 0.1) is 0 Å². The molecule has 0 spiro atoms. The third-order valence-corrected chi connectivity index (χ3v) is 3.68. The second kappa shape index (κ2) is 4.51. The normalized spacial score (nSPS) is 10.8. The molecule has 0 fully saturated rings. The van der Waals surface area contributed by atoms with Crippen LogP contribution in [0.3, 0.4) is 0 Å². The van der Waals surface area contributed by atoms with E-state index in [1.165, 1.54) is 0 Å². The van der Waals surface area contributed by atoms with Crippen LogP contribution >= 0.6 is 15.9 Å². The average Bonchev–Trinajstić information content (AvgIpc) is 2.85. The molecule has 4 nitrogen and oxygen atoms in total.